The highest BCUT2D eigenvalue weighted by Gasteiger charge is 2.43. The van der Waals surface area contributed by atoms with Crippen molar-refractivity contribution in [1.29, 1.82) is 0 Å². The Balaban J connectivity index is 2.29. The first-order valence-electron chi connectivity index (χ1n) is 6.67. The number of nitrogens with zero attached hydrogens (tertiary/aromatic N) is 1. The largest absolute Gasteiger partial charge is 0.444 e. The van der Waals surface area contributed by atoms with Gasteiger partial charge in [0.1, 0.15) is 17.0 Å². The van der Waals surface area contributed by atoms with Gasteiger partial charge in [-0.3, -0.25) is 9.69 Å². The van der Waals surface area contributed by atoms with E-state index in [1.807, 2.05) is 51.1 Å². The molecule has 1 aliphatic rings. The van der Waals surface area contributed by atoms with Crippen LogP contribution >= 0.6 is 34.4 Å². The lowest BCUT2D eigenvalue weighted by Crippen LogP contribution is -2.44. The minimum absolute atomic E-state index is 0.0376. The third-order valence-corrected chi connectivity index (χ3v) is 4.99. The molecule has 0 saturated carbocycles. The quantitative estimate of drug-likeness (QED) is 0.537. The maximum Gasteiger partial charge on any atom is 0.412 e. The van der Waals surface area contributed by atoms with Gasteiger partial charge in [0.15, 0.2) is 0 Å². The highest BCUT2D eigenvalue weighted by atomic mass is 127. The Kier molecular flexibility index (Phi) is 5.19. The van der Waals surface area contributed by atoms with Gasteiger partial charge in [-0.2, -0.15) is 0 Å². The van der Waals surface area contributed by atoms with Gasteiger partial charge in [0.25, 0.3) is 0 Å². The standard InChI is InChI=1S/C15H18INO3S/c1-15(2,3)20-14(19)17-11(12(16)18)9-21-13(17)10-7-5-4-6-8-10/h4-8,11,13H,9H2,1-3H3/t11-,13+/m0/s1. The van der Waals surface area contributed by atoms with Gasteiger partial charge in [0.05, 0.1) is 0 Å². The van der Waals surface area contributed by atoms with Gasteiger partial charge in [-0.25, -0.2) is 4.79 Å². The van der Waals surface area contributed by atoms with Crippen LogP contribution in [-0.4, -0.2) is 32.2 Å². The van der Waals surface area contributed by atoms with Crippen molar-refractivity contribution in [2.45, 2.75) is 37.8 Å². The van der Waals surface area contributed by atoms with E-state index in [1.165, 1.54) is 0 Å². The summed E-state index contributed by atoms with van der Waals surface area (Å²) in [5.41, 5.74) is 0.429. The Morgan fingerprint density at radius 1 is 1.29 bits per heavy atom. The van der Waals surface area contributed by atoms with E-state index >= 15 is 0 Å². The van der Waals surface area contributed by atoms with Crippen LogP contribution in [0, 0.1) is 0 Å². The molecule has 0 N–H and O–H groups in total. The molecule has 1 amide bonds. The summed E-state index contributed by atoms with van der Waals surface area (Å²) in [7, 11) is 0. The number of carbonyl (C=O) groups is 2. The topological polar surface area (TPSA) is 46.6 Å². The maximum absolute atomic E-state index is 12.5. The predicted molar refractivity (Wildman–Crippen MR) is 92.5 cm³/mol. The second-order valence-electron chi connectivity index (χ2n) is 5.80. The Morgan fingerprint density at radius 2 is 1.90 bits per heavy atom. The van der Waals surface area contributed by atoms with Crippen LogP contribution in [0.1, 0.15) is 31.7 Å². The van der Waals surface area contributed by atoms with Crippen molar-refractivity contribution in [1.82, 2.24) is 4.90 Å². The second kappa shape index (κ2) is 6.56. The van der Waals surface area contributed by atoms with Crippen LogP contribution in [0.4, 0.5) is 4.79 Å². The summed E-state index contributed by atoms with van der Waals surface area (Å²) in [6.45, 7) is 5.48. The summed E-state index contributed by atoms with van der Waals surface area (Å²) < 4.78 is 5.43. The molecule has 0 unspecified atom stereocenters. The van der Waals surface area contributed by atoms with E-state index in [-0.39, 0.29) is 9.16 Å². The summed E-state index contributed by atoms with van der Waals surface area (Å²) >= 11 is 3.35. The lowest BCUT2D eigenvalue weighted by atomic mass is 10.2. The molecule has 1 aliphatic heterocycles. The molecule has 0 aliphatic carbocycles. The van der Waals surface area contributed by atoms with Gasteiger partial charge in [0.2, 0.25) is 3.79 Å². The molecule has 1 heterocycles. The predicted octanol–water partition coefficient (Wildman–Crippen LogP) is 4.00. The zero-order valence-corrected chi connectivity index (χ0v) is 15.2. The summed E-state index contributed by atoms with van der Waals surface area (Å²) in [6, 6.07) is 9.30. The first kappa shape index (κ1) is 16.6. The molecule has 6 heteroatoms. The Bertz CT molecular complexity index is 529. The van der Waals surface area contributed by atoms with Crippen molar-refractivity contribution in [2.24, 2.45) is 0 Å². The van der Waals surface area contributed by atoms with E-state index in [2.05, 4.69) is 0 Å². The molecular formula is C15H18INO3S. The van der Waals surface area contributed by atoms with E-state index in [9.17, 15) is 9.59 Å². The van der Waals surface area contributed by atoms with Crippen LogP contribution < -0.4 is 0 Å². The summed E-state index contributed by atoms with van der Waals surface area (Å²) in [5.74, 6) is 0.598. The average Bonchev–Trinajstić information content (AvgIpc) is 2.82. The van der Waals surface area contributed by atoms with E-state index in [4.69, 9.17) is 4.74 Å². The third-order valence-electron chi connectivity index (χ3n) is 2.95. The smallest absolute Gasteiger partial charge is 0.412 e. The minimum atomic E-state index is -0.579. The maximum atomic E-state index is 12.5. The van der Waals surface area contributed by atoms with Crippen molar-refractivity contribution in [3.8, 4) is 0 Å². The first-order valence-corrected chi connectivity index (χ1v) is 8.79. The Hall–Kier alpha value is -0.760. The molecule has 0 bridgehead atoms. The molecule has 1 aromatic rings. The molecule has 4 nitrogen and oxygen atoms in total. The zero-order chi connectivity index (χ0) is 15.6. The van der Waals surface area contributed by atoms with Crippen molar-refractivity contribution in [3.63, 3.8) is 0 Å². The van der Waals surface area contributed by atoms with Crippen molar-refractivity contribution in [2.75, 3.05) is 5.75 Å². The first-order chi connectivity index (χ1) is 9.79. The molecule has 1 aromatic carbocycles. The van der Waals surface area contributed by atoms with E-state index in [1.54, 1.807) is 39.3 Å². The number of hydrogen-bond acceptors (Lipinski definition) is 4. The number of carbonyl (C=O) groups excluding carboxylic acids is 2. The van der Waals surface area contributed by atoms with Crippen LogP contribution in [-0.2, 0) is 9.53 Å². The lowest BCUT2D eigenvalue weighted by molar-refractivity contribution is -0.113. The van der Waals surface area contributed by atoms with Gasteiger partial charge in [-0.1, -0.05) is 30.3 Å². The third kappa shape index (κ3) is 4.12. The normalized spacial score (nSPS) is 22.2. The number of benzene rings is 1. The van der Waals surface area contributed by atoms with Crippen molar-refractivity contribution in [3.05, 3.63) is 35.9 Å². The lowest BCUT2D eigenvalue weighted by Gasteiger charge is -2.30. The monoisotopic (exact) mass is 419 g/mol. The van der Waals surface area contributed by atoms with Crippen molar-refractivity contribution < 1.29 is 14.3 Å². The van der Waals surface area contributed by atoms with Crippen LogP contribution in [0.15, 0.2) is 30.3 Å². The summed E-state index contributed by atoms with van der Waals surface area (Å²) in [5, 5.41) is -0.176. The molecule has 114 valence electrons. The number of halogens is 1. The van der Waals surface area contributed by atoms with Crippen LogP contribution in [0.3, 0.4) is 0 Å². The Morgan fingerprint density at radius 3 is 2.43 bits per heavy atom. The van der Waals surface area contributed by atoms with E-state index in [0.29, 0.717) is 5.75 Å². The highest BCUT2D eigenvalue weighted by molar-refractivity contribution is 14.1. The molecule has 0 spiro atoms. The molecule has 1 saturated heterocycles. The van der Waals surface area contributed by atoms with Crippen LogP contribution in [0.25, 0.3) is 0 Å². The molecular weight excluding hydrogens is 401 g/mol. The summed E-state index contributed by atoms with van der Waals surface area (Å²) in [4.78, 5) is 25.9. The fourth-order valence-electron chi connectivity index (χ4n) is 2.09. The molecule has 1 fully saturated rings. The molecule has 0 aromatic heterocycles. The average molecular weight is 419 g/mol. The zero-order valence-electron chi connectivity index (χ0n) is 12.2. The SMILES string of the molecule is CC(C)(C)OC(=O)N1[C@@H](c2ccccc2)SC[C@H]1C(=O)I. The summed E-state index contributed by atoms with van der Waals surface area (Å²) in [6.07, 6.45) is -0.434. The molecule has 2 atom stereocenters. The van der Waals surface area contributed by atoms with Gasteiger partial charge in [0, 0.05) is 28.3 Å². The number of rotatable bonds is 2. The highest BCUT2D eigenvalue weighted by Crippen LogP contribution is 2.42. The van der Waals surface area contributed by atoms with Crippen LogP contribution in [0.2, 0.25) is 0 Å². The van der Waals surface area contributed by atoms with E-state index in [0.717, 1.165) is 5.56 Å². The van der Waals surface area contributed by atoms with Gasteiger partial charge in [-0.15, -0.1) is 11.8 Å². The van der Waals surface area contributed by atoms with Crippen molar-refractivity contribution >= 4 is 44.2 Å². The van der Waals surface area contributed by atoms with Gasteiger partial charge < -0.3 is 4.74 Å². The van der Waals surface area contributed by atoms with Gasteiger partial charge >= 0.3 is 6.09 Å². The second-order valence-corrected chi connectivity index (χ2v) is 7.98. The minimum Gasteiger partial charge on any atom is -0.444 e. The number of ether oxygens (including phenoxy) is 1. The van der Waals surface area contributed by atoms with E-state index < -0.39 is 17.7 Å². The number of amides is 1. The fourth-order valence-corrected chi connectivity index (χ4v) is 4.33. The number of thioether (sulfide) groups is 1. The number of hydrogen-bond donors (Lipinski definition) is 0. The fraction of sp³-hybridized carbons (Fsp3) is 0.467. The van der Waals surface area contributed by atoms with Crippen LogP contribution in [0.5, 0.6) is 0 Å². The Labute approximate surface area is 142 Å². The molecule has 21 heavy (non-hydrogen) atoms. The molecule has 2 rings (SSSR count). The van der Waals surface area contributed by atoms with Gasteiger partial charge in [-0.05, 0) is 26.3 Å². The molecule has 0 radical (unpaired) electrons.